The van der Waals surface area contributed by atoms with E-state index in [1.807, 2.05) is 6.92 Å². The molecule has 0 saturated carbocycles. The van der Waals surface area contributed by atoms with Crippen LogP contribution in [0.25, 0.3) is 0 Å². The third-order valence-corrected chi connectivity index (χ3v) is 3.87. The van der Waals surface area contributed by atoms with Crippen molar-refractivity contribution in [1.29, 1.82) is 5.26 Å². The van der Waals surface area contributed by atoms with Crippen LogP contribution in [0.15, 0.2) is 35.7 Å². The molecule has 0 saturated heterocycles. The zero-order valence-electron chi connectivity index (χ0n) is 10.5. The van der Waals surface area contributed by atoms with E-state index in [9.17, 15) is 12.8 Å². The van der Waals surface area contributed by atoms with Crippen LogP contribution < -0.4 is 4.72 Å². The summed E-state index contributed by atoms with van der Waals surface area (Å²) in [4.78, 5) is 3.77. The monoisotopic (exact) mass is 294 g/mol. The van der Waals surface area contributed by atoms with Crippen LogP contribution >= 0.6 is 0 Å². The van der Waals surface area contributed by atoms with Crippen LogP contribution in [0.1, 0.15) is 12.5 Å². The molecule has 104 valence electrons. The molecule has 0 fully saturated rings. The number of nitrogens with one attached hydrogen (secondary N) is 1. The highest BCUT2D eigenvalue weighted by Crippen LogP contribution is 2.21. The lowest BCUT2D eigenvalue weighted by atomic mass is 10.2. The first-order chi connectivity index (χ1) is 9.47. The number of nitriles is 1. The maximum absolute atomic E-state index is 13.4. The van der Waals surface area contributed by atoms with E-state index >= 15 is 0 Å². The predicted molar refractivity (Wildman–Crippen MR) is 69.8 cm³/mol. The summed E-state index contributed by atoms with van der Waals surface area (Å²) in [6.07, 6.45) is 2.74. The molecule has 1 aromatic heterocycles. The van der Waals surface area contributed by atoms with Gasteiger partial charge in [0.25, 0.3) is 10.0 Å². The Balaban J connectivity index is 2.39. The zero-order valence-corrected chi connectivity index (χ0v) is 11.4. The normalized spacial score (nSPS) is 11.1. The number of aryl methyl sites for hydroxylation is 1. The van der Waals surface area contributed by atoms with Gasteiger partial charge in [0.15, 0.2) is 5.03 Å². The summed E-state index contributed by atoms with van der Waals surface area (Å²) >= 11 is 0. The molecule has 0 unspecified atom stereocenters. The molecule has 0 aliphatic rings. The van der Waals surface area contributed by atoms with Crippen molar-refractivity contribution in [3.05, 3.63) is 42.1 Å². The van der Waals surface area contributed by atoms with E-state index in [0.29, 0.717) is 6.54 Å². The summed E-state index contributed by atoms with van der Waals surface area (Å²) in [5.74, 6) is -0.785. The third-order valence-electron chi connectivity index (χ3n) is 2.62. The lowest BCUT2D eigenvalue weighted by Gasteiger charge is -2.07. The lowest BCUT2D eigenvalue weighted by Crippen LogP contribution is -2.14. The number of rotatable bonds is 4. The van der Waals surface area contributed by atoms with Gasteiger partial charge in [0.1, 0.15) is 17.4 Å². The van der Waals surface area contributed by atoms with Crippen molar-refractivity contribution in [2.45, 2.75) is 18.5 Å². The maximum Gasteiger partial charge on any atom is 0.280 e. The van der Waals surface area contributed by atoms with Crippen molar-refractivity contribution < 1.29 is 12.8 Å². The molecule has 2 rings (SSSR count). The van der Waals surface area contributed by atoms with Crippen molar-refractivity contribution >= 4 is 15.7 Å². The number of halogens is 1. The number of nitrogens with zero attached hydrogens (tertiary/aromatic N) is 3. The average molecular weight is 294 g/mol. The molecule has 2 aromatic rings. The maximum atomic E-state index is 13.4. The number of aromatic nitrogens is 2. The Labute approximate surface area is 115 Å². The van der Waals surface area contributed by atoms with Crippen molar-refractivity contribution in [3.63, 3.8) is 0 Å². The number of anilines is 1. The van der Waals surface area contributed by atoms with Gasteiger partial charge in [0.05, 0.1) is 12.0 Å². The van der Waals surface area contributed by atoms with E-state index in [1.165, 1.54) is 24.7 Å². The fourth-order valence-electron chi connectivity index (χ4n) is 1.57. The minimum Gasteiger partial charge on any atom is -0.336 e. The standard InChI is InChI=1S/C12H11FN4O2S/c1-2-17-7-12(15-8-17)20(18,19)16-11-5-3-4-10(13)9(11)6-14/h3-5,7-8,16H,2H2,1H3. The van der Waals surface area contributed by atoms with Crippen LogP contribution in [0.3, 0.4) is 0 Å². The number of hydrogen-bond acceptors (Lipinski definition) is 4. The Kier molecular flexibility index (Phi) is 3.72. The third kappa shape index (κ3) is 2.62. The fraction of sp³-hybridized carbons (Fsp3) is 0.167. The SMILES string of the molecule is CCn1cnc(S(=O)(=O)Nc2cccc(F)c2C#N)c1. The second-order valence-electron chi connectivity index (χ2n) is 3.92. The lowest BCUT2D eigenvalue weighted by molar-refractivity contribution is 0.597. The first kappa shape index (κ1) is 14.0. The van der Waals surface area contributed by atoms with E-state index in [4.69, 9.17) is 5.26 Å². The van der Waals surface area contributed by atoms with Gasteiger partial charge in [0.2, 0.25) is 0 Å². The Bertz CT molecular complexity index is 777. The Hall–Kier alpha value is -2.40. The van der Waals surface area contributed by atoms with Crippen LogP contribution in [-0.2, 0) is 16.6 Å². The van der Waals surface area contributed by atoms with Gasteiger partial charge >= 0.3 is 0 Å². The second-order valence-corrected chi connectivity index (χ2v) is 5.55. The number of benzene rings is 1. The van der Waals surface area contributed by atoms with Crippen LogP contribution in [0.4, 0.5) is 10.1 Å². The molecule has 0 aliphatic carbocycles. The molecule has 20 heavy (non-hydrogen) atoms. The van der Waals surface area contributed by atoms with Crippen LogP contribution in [0.2, 0.25) is 0 Å². The van der Waals surface area contributed by atoms with E-state index < -0.39 is 15.8 Å². The number of sulfonamides is 1. The van der Waals surface area contributed by atoms with Crippen LogP contribution in [0, 0.1) is 17.1 Å². The Morgan fingerprint density at radius 3 is 2.85 bits per heavy atom. The van der Waals surface area contributed by atoms with Gasteiger partial charge in [-0.15, -0.1) is 0 Å². The highest BCUT2D eigenvalue weighted by atomic mass is 32.2. The quantitative estimate of drug-likeness (QED) is 0.930. The second kappa shape index (κ2) is 5.30. The highest BCUT2D eigenvalue weighted by Gasteiger charge is 2.20. The summed E-state index contributed by atoms with van der Waals surface area (Å²) in [7, 11) is -3.95. The summed E-state index contributed by atoms with van der Waals surface area (Å²) < 4.78 is 41.3. The highest BCUT2D eigenvalue weighted by molar-refractivity contribution is 7.92. The van der Waals surface area contributed by atoms with Crippen molar-refractivity contribution in [2.24, 2.45) is 0 Å². The van der Waals surface area contributed by atoms with Gasteiger partial charge in [0, 0.05) is 12.7 Å². The molecule has 8 heteroatoms. The van der Waals surface area contributed by atoms with Crippen molar-refractivity contribution in [2.75, 3.05) is 4.72 Å². The molecule has 0 amide bonds. The van der Waals surface area contributed by atoms with Crippen molar-refractivity contribution in [1.82, 2.24) is 9.55 Å². The average Bonchev–Trinajstić information content (AvgIpc) is 2.88. The smallest absolute Gasteiger partial charge is 0.280 e. The summed E-state index contributed by atoms with van der Waals surface area (Å²) in [5, 5.41) is 8.68. The first-order valence-electron chi connectivity index (χ1n) is 5.71. The molecule has 6 nitrogen and oxygen atoms in total. The summed E-state index contributed by atoms with van der Waals surface area (Å²) in [6.45, 7) is 2.41. The number of imidazole rings is 1. The minimum atomic E-state index is -3.95. The van der Waals surface area contributed by atoms with Gasteiger partial charge in [-0.05, 0) is 19.1 Å². The summed E-state index contributed by atoms with van der Waals surface area (Å²) in [5.41, 5.74) is -0.468. The largest absolute Gasteiger partial charge is 0.336 e. The summed E-state index contributed by atoms with van der Waals surface area (Å²) in [6, 6.07) is 5.35. The van der Waals surface area contributed by atoms with Gasteiger partial charge in [-0.3, -0.25) is 4.72 Å². The molecule has 0 atom stereocenters. The zero-order chi connectivity index (χ0) is 14.8. The fourth-order valence-corrected chi connectivity index (χ4v) is 2.60. The van der Waals surface area contributed by atoms with Gasteiger partial charge < -0.3 is 4.57 Å². The molecular formula is C12H11FN4O2S. The molecule has 0 aliphatic heterocycles. The molecule has 0 radical (unpaired) electrons. The molecule has 1 heterocycles. The van der Waals surface area contributed by atoms with Crippen LogP contribution in [0.5, 0.6) is 0 Å². The van der Waals surface area contributed by atoms with E-state index in [2.05, 4.69) is 9.71 Å². The molecular weight excluding hydrogens is 283 g/mol. The van der Waals surface area contributed by atoms with E-state index in [-0.39, 0.29) is 16.3 Å². The molecule has 1 aromatic carbocycles. The predicted octanol–water partition coefficient (Wildman–Crippen LogP) is 1.71. The van der Waals surface area contributed by atoms with Crippen LogP contribution in [-0.4, -0.2) is 18.0 Å². The Morgan fingerprint density at radius 1 is 1.50 bits per heavy atom. The van der Waals surface area contributed by atoms with E-state index in [1.54, 1.807) is 10.6 Å². The molecule has 0 bridgehead atoms. The molecule has 0 spiro atoms. The minimum absolute atomic E-state index is 0.112. The molecule has 1 N–H and O–H groups in total. The van der Waals surface area contributed by atoms with Crippen molar-refractivity contribution in [3.8, 4) is 6.07 Å². The Morgan fingerprint density at radius 2 is 2.25 bits per heavy atom. The topological polar surface area (TPSA) is 87.8 Å². The van der Waals surface area contributed by atoms with Gasteiger partial charge in [-0.2, -0.15) is 13.7 Å². The van der Waals surface area contributed by atoms with E-state index in [0.717, 1.165) is 6.07 Å². The first-order valence-corrected chi connectivity index (χ1v) is 7.19. The number of hydrogen-bond donors (Lipinski definition) is 1. The van der Waals surface area contributed by atoms with Gasteiger partial charge in [-0.1, -0.05) is 6.07 Å². The van der Waals surface area contributed by atoms with Gasteiger partial charge in [-0.25, -0.2) is 9.37 Å².